The van der Waals surface area contributed by atoms with Crippen molar-refractivity contribution in [3.63, 3.8) is 0 Å². The van der Waals surface area contributed by atoms with Gasteiger partial charge in [0.2, 0.25) is 0 Å². The summed E-state index contributed by atoms with van der Waals surface area (Å²) in [6.07, 6.45) is 0. The second-order valence-electron chi connectivity index (χ2n) is 10.9. The van der Waals surface area contributed by atoms with Gasteiger partial charge in [-0.3, -0.25) is 4.99 Å². The van der Waals surface area contributed by atoms with Crippen LogP contribution in [0.1, 0.15) is 5.56 Å². The maximum atomic E-state index is 6.36. The monoisotopic (exact) mass is 539 g/mol. The van der Waals surface area contributed by atoms with Crippen LogP contribution in [-0.4, -0.2) is 15.9 Å². The number of hydrogen-bond acceptors (Lipinski definition) is 2. The molecule has 9 rings (SSSR count). The highest BCUT2D eigenvalue weighted by Gasteiger charge is 2.17. The summed E-state index contributed by atoms with van der Waals surface area (Å²) >= 11 is 0. The Hall–Kier alpha value is -5.61. The summed E-state index contributed by atoms with van der Waals surface area (Å²) in [5, 5.41) is 7.17. The largest absolute Gasteiger partial charge is 0.456 e. The zero-order valence-electron chi connectivity index (χ0n) is 22.8. The summed E-state index contributed by atoms with van der Waals surface area (Å²) in [6, 6.07) is 45.5. The Morgan fingerprint density at radius 1 is 0.476 bits per heavy atom. The molecule has 4 heteroatoms. The van der Waals surface area contributed by atoms with E-state index >= 15 is 0 Å². The molecule has 4 nitrogen and oxygen atoms in total. The summed E-state index contributed by atoms with van der Waals surface area (Å²) in [6.45, 7) is 4.30. The van der Waals surface area contributed by atoms with Crippen molar-refractivity contribution in [1.82, 2.24) is 9.13 Å². The zero-order chi connectivity index (χ0) is 27.8. The summed E-state index contributed by atoms with van der Waals surface area (Å²) in [4.78, 5) is 4.13. The van der Waals surface area contributed by atoms with Crippen molar-refractivity contribution >= 4 is 72.3 Å². The van der Waals surface area contributed by atoms with Crippen molar-refractivity contribution in [3.8, 4) is 11.4 Å². The third kappa shape index (κ3) is 3.20. The topological polar surface area (TPSA) is 35.4 Å². The highest BCUT2D eigenvalue weighted by atomic mass is 16.3. The van der Waals surface area contributed by atoms with Crippen LogP contribution in [0, 0.1) is 0 Å². The fourth-order valence-corrected chi connectivity index (χ4v) is 6.75. The van der Waals surface area contributed by atoms with Gasteiger partial charge in [0.05, 0.1) is 28.6 Å². The van der Waals surface area contributed by atoms with Gasteiger partial charge in [-0.25, -0.2) is 0 Å². The summed E-state index contributed by atoms with van der Waals surface area (Å²) in [5.74, 6) is 0. The van der Waals surface area contributed by atoms with Crippen molar-refractivity contribution in [3.05, 3.63) is 133 Å². The Balaban J connectivity index is 1.31. The van der Waals surface area contributed by atoms with Crippen LogP contribution in [0.2, 0.25) is 0 Å². The minimum absolute atomic E-state index is 0.592. The van der Waals surface area contributed by atoms with Gasteiger partial charge < -0.3 is 13.6 Å². The van der Waals surface area contributed by atoms with Crippen LogP contribution in [0.25, 0.3) is 76.9 Å². The first kappa shape index (κ1) is 23.1. The molecule has 0 radical (unpaired) electrons. The third-order valence-electron chi connectivity index (χ3n) is 8.57. The number of aromatic nitrogens is 2. The Morgan fingerprint density at radius 3 is 1.48 bits per heavy atom. The number of fused-ring (bicyclic) bond motifs is 9. The molecule has 6 aromatic carbocycles. The smallest absolute Gasteiger partial charge is 0.135 e. The molecule has 0 fully saturated rings. The van der Waals surface area contributed by atoms with E-state index in [-0.39, 0.29) is 0 Å². The van der Waals surface area contributed by atoms with Crippen LogP contribution in [0.5, 0.6) is 0 Å². The number of rotatable bonds is 4. The van der Waals surface area contributed by atoms with Crippen LogP contribution >= 0.6 is 0 Å². The average molecular weight is 540 g/mol. The van der Waals surface area contributed by atoms with Crippen molar-refractivity contribution in [2.75, 3.05) is 0 Å². The molecule has 0 N–H and O–H groups in total. The standard InChI is InChI=1S/C38H25N3O/c1-39-23-24-14-17-30-29-10-4-7-13-35(29)41(36(30)20-24)26-16-19-38-32(22-26)31-21-25(15-18-37(31)42-38)40-33-11-5-2-8-27(33)28-9-3-6-12-34(28)40/h2-22H,1,23H2. The third-order valence-corrected chi connectivity index (χ3v) is 8.57. The zero-order valence-corrected chi connectivity index (χ0v) is 22.8. The minimum Gasteiger partial charge on any atom is -0.456 e. The molecule has 0 aliphatic carbocycles. The first-order valence-electron chi connectivity index (χ1n) is 14.2. The molecule has 9 aromatic rings. The number of para-hydroxylation sites is 3. The quantitative estimate of drug-likeness (QED) is 0.205. The first-order valence-corrected chi connectivity index (χ1v) is 14.2. The van der Waals surface area contributed by atoms with Gasteiger partial charge in [0, 0.05) is 43.7 Å². The molecule has 3 aromatic heterocycles. The predicted molar refractivity (Wildman–Crippen MR) is 176 cm³/mol. The van der Waals surface area contributed by atoms with E-state index in [0.29, 0.717) is 6.54 Å². The predicted octanol–water partition coefficient (Wildman–Crippen LogP) is 9.98. The Kier molecular flexibility index (Phi) is 4.79. The molecular weight excluding hydrogens is 514 g/mol. The fourth-order valence-electron chi connectivity index (χ4n) is 6.75. The molecule has 0 unspecified atom stereocenters. The summed E-state index contributed by atoms with van der Waals surface area (Å²) in [7, 11) is 0. The summed E-state index contributed by atoms with van der Waals surface area (Å²) < 4.78 is 11.1. The Labute approximate surface area is 241 Å². The van der Waals surface area contributed by atoms with Crippen molar-refractivity contribution < 1.29 is 4.42 Å². The van der Waals surface area contributed by atoms with Crippen molar-refractivity contribution in [2.24, 2.45) is 4.99 Å². The van der Waals surface area contributed by atoms with Gasteiger partial charge in [-0.05, 0) is 72.9 Å². The van der Waals surface area contributed by atoms with E-state index in [9.17, 15) is 0 Å². The maximum absolute atomic E-state index is 6.36. The molecule has 0 bridgehead atoms. The van der Waals surface area contributed by atoms with Crippen molar-refractivity contribution in [1.29, 1.82) is 0 Å². The lowest BCUT2D eigenvalue weighted by Crippen LogP contribution is -1.94. The lowest BCUT2D eigenvalue weighted by atomic mass is 10.1. The highest BCUT2D eigenvalue weighted by Crippen LogP contribution is 2.38. The molecule has 0 amide bonds. The Morgan fingerprint density at radius 2 is 0.952 bits per heavy atom. The molecule has 0 saturated carbocycles. The van der Waals surface area contributed by atoms with E-state index in [1.165, 1.54) is 38.1 Å². The van der Waals surface area contributed by atoms with Crippen LogP contribution in [0.4, 0.5) is 0 Å². The highest BCUT2D eigenvalue weighted by molar-refractivity contribution is 6.12. The van der Waals surface area contributed by atoms with E-state index in [2.05, 4.69) is 148 Å². The van der Waals surface area contributed by atoms with Gasteiger partial charge >= 0.3 is 0 Å². The van der Waals surface area contributed by atoms with Gasteiger partial charge in [-0.2, -0.15) is 0 Å². The summed E-state index contributed by atoms with van der Waals surface area (Å²) in [5.41, 5.74) is 9.85. The SMILES string of the molecule is C=NCc1ccc2c3ccccc3n(-c3ccc4oc5ccc(-n6c7ccccc7c7ccccc76)cc5c4c3)c2c1. The molecule has 0 spiro atoms. The lowest BCUT2D eigenvalue weighted by molar-refractivity contribution is 0.669. The number of benzene rings is 6. The van der Waals surface area contributed by atoms with Gasteiger partial charge in [0.15, 0.2) is 0 Å². The van der Waals surface area contributed by atoms with Gasteiger partial charge in [0.25, 0.3) is 0 Å². The van der Waals surface area contributed by atoms with E-state index in [1.54, 1.807) is 0 Å². The van der Waals surface area contributed by atoms with Gasteiger partial charge in [-0.1, -0.05) is 66.7 Å². The van der Waals surface area contributed by atoms with Crippen LogP contribution < -0.4 is 0 Å². The van der Waals surface area contributed by atoms with E-state index in [4.69, 9.17) is 4.42 Å². The molecule has 198 valence electrons. The van der Waals surface area contributed by atoms with Gasteiger partial charge in [-0.15, -0.1) is 0 Å². The molecule has 0 saturated heterocycles. The fraction of sp³-hybridized carbons (Fsp3) is 0.0263. The van der Waals surface area contributed by atoms with Crippen LogP contribution in [-0.2, 0) is 6.54 Å². The van der Waals surface area contributed by atoms with Crippen molar-refractivity contribution in [2.45, 2.75) is 6.54 Å². The molecular formula is C38H25N3O. The second kappa shape index (κ2) is 8.69. The average Bonchev–Trinajstić information content (AvgIpc) is 3.68. The van der Waals surface area contributed by atoms with E-state index in [0.717, 1.165) is 44.4 Å². The van der Waals surface area contributed by atoms with Crippen LogP contribution in [0.15, 0.2) is 137 Å². The van der Waals surface area contributed by atoms with E-state index < -0.39 is 0 Å². The molecule has 3 heterocycles. The normalized spacial score (nSPS) is 12.0. The molecule has 42 heavy (non-hydrogen) atoms. The number of furan rings is 1. The first-order chi connectivity index (χ1) is 20.8. The van der Waals surface area contributed by atoms with Crippen LogP contribution in [0.3, 0.4) is 0 Å². The van der Waals surface area contributed by atoms with E-state index in [1.807, 2.05) is 0 Å². The number of nitrogens with zero attached hydrogens (tertiary/aromatic N) is 3. The molecule has 0 aliphatic rings. The number of hydrogen-bond donors (Lipinski definition) is 0. The molecule has 0 aliphatic heterocycles. The molecule has 0 atom stereocenters. The second-order valence-corrected chi connectivity index (χ2v) is 10.9. The van der Waals surface area contributed by atoms with Gasteiger partial charge in [0.1, 0.15) is 11.2 Å². The number of aliphatic imine (C=N–C) groups is 1. The lowest BCUT2D eigenvalue weighted by Gasteiger charge is -2.09. The minimum atomic E-state index is 0.592. The Bertz CT molecular complexity index is 2470. The maximum Gasteiger partial charge on any atom is 0.135 e.